The molecule has 2 aromatic rings. The second-order valence-corrected chi connectivity index (χ2v) is 5.91. The Morgan fingerprint density at radius 3 is 2.60 bits per heavy atom. The highest BCUT2D eigenvalue weighted by Gasteiger charge is 2.38. The number of benzene rings is 2. The molecule has 2 nitrogen and oxygen atoms in total. The van der Waals surface area contributed by atoms with Crippen LogP contribution in [0.4, 0.5) is 5.69 Å². The molecule has 1 atom stereocenters. The van der Waals surface area contributed by atoms with Gasteiger partial charge >= 0.3 is 0 Å². The molecule has 2 heteroatoms. The summed E-state index contributed by atoms with van der Waals surface area (Å²) in [4.78, 5) is 2.48. The molecular weight excluding hydrogens is 246 g/mol. The van der Waals surface area contributed by atoms with E-state index in [1.165, 1.54) is 16.8 Å². The molecule has 104 valence electrons. The minimum Gasteiger partial charge on any atom is -0.508 e. The standard InChI is InChI=1S/C18H21NO/c1-3-18(2)12-15-11-16(20)9-10-17(15)19(18)13-14-7-5-4-6-8-14/h4-11,20H,3,12-13H2,1-2H3. The van der Waals surface area contributed by atoms with Crippen molar-refractivity contribution in [3.8, 4) is 5.75 Å². The number of phenols is 1. The Morgan fingerprint density at radius 1 is 1.15 bits per heavy atom. The minimum atomic E-state index is 0.131. The van der Waals surface area contributed by atoms with E-state index in [1.54, 1.807) is 6.07 Å². The van der Waals surface area contributed by atoms with Crippen LogP contribution in [0.5, 0.6) is 5.75 Å². The fourth-order valence-electron chi connectivity index (χ4n) is 3.13. The summed E-state index contributed by atoms with van der Waals surface area (Å²) in [7, 11) is 0. The van der Waals surface area contributed by atoms with E-state index < -0.39 is 0 Å². The van der Waals surface area contributed by atoms with Crippen molar-refractivity contribution in [1.82, 2.24) is 0 Å². The molecule has 20 heavy (non-hydrogen) atoms. The van der Waals surface area contributed by atoms with Gasteiger partial charge in [-0.2, -0.15) is 0 Å². The molecule has 1 N–H and O–H groups in total. The van der Waals surface area contributed by atoms with Gasteiger partial charge in [0.15, 0.2) is 0 Å². The summed E-state index contributed by atoms with van der Waals surface area (Å²) in [6, 6.07) is 16.3. The van der Waals surface area contributed by atoms with Gasteiger partial charge in [-0.15, -0.1) is 0 Å². The first kappa shape index (κ1) is 13.0. The zero-order valence-corrected chi connectivity index (χ0v) is 12.1. The van der Waals surface area contributed by atoms with Crippen molar-refractivity contribution < 1.29 is 5.11 Å². The Labute approximate surface area is 120 Å². The Bertz CT molecular complexity index is 608. The average molecular weight is 267 g/mol. The lowest BCUT2D eigenvalue weighted by molar-refractivity contribution is 0.425. The third-order valence-electron chi connectivity index (χ3n) is 4.52. The summed E-state index contributed by atoms with van der Waals surface area (Å²) in [5, 5.41) is 9.70. The minimum absolute atomic E-state index is 0.131. The fourth-order valence-corrected chi connectivity index (χ4v) is 3.13. The summed E-state index contributed by atoms with van der Waals surface area (Å²) >= 11 is 0. The highest BCUT2D eigenvalue weighted by Crippen LogP contribution is 2.42. The van der Waals surface area contributed by atoms with E-state index in [2.05, 4.69) is 55.1 Å². The van der Waals surface area contributed by atoms with E-state index in [0.29, 0.717) is 5.75 Å². The Balaban J connectivity index is 1.98. The quantitative estimate of drug-likeness (QED) is 0.904. The monoisotopic (exact) mass is 267 g/mol. The maximum atomic E-state index is 9.70. The number of anilines is 1. The molecule has 0 bridgehead atoms. The smallest absolute Gasteiger partial charge is 0.116 e. The average Bonchev–Trinajstić information content (AvgIpc) is 2.73. The number of rotatable bonds is 3. The molecule has 1 heterocycles. The lowest BCUT2D eigenvalue weighted by Gasteiger charge is -2.37. The van der Waals surface area contributed by atoms with Gasteiger partial charge in [-0.1, -0.05) is 37.3 Å². The predicted molar refractivity (Wildman–Crippen MR) is 83.1 cm³/mol. The Morgan fingerprint density at radius 2 is 1.90 bits per heavy atom. The fraction of sp³-hybridized carbons (Fsp3) is 0.333. The van der Waals surface area contributed by atoms with Crippen molar-refractivity contribution in [1.29, 1.82) is 0 Å². The molecule has 0 aromatic heterocycles. The van der Waals surface area contributed by atoms with Crippen LogP contribution in [0.3, 0.4) is 0 Å². The van der Waals surface area contributed by atoms with E-state index in [9.17, 15) is 5.11 Å². The van der Waals surface area contributed by atoms with Crippen LogP contribution in [0.25, 0.3) is 0 Å². The van der Waals surface area contributed by atoms with Crippen LogP contribution in [0, 0.1) is 0 Å². The summed E-state index contributed by atoms with van der Waals surface area (Å²) < 4.78 is 0. The summed E-state index contributed by atoms with van der Waals surface area (Å²) in [6.45, 7) is 5.47. The van der Waals surface area contributed by atoms with Gasteiger partial charge in [0.05, 0.1) is 0 Å². The Hall–Kier alpha value is -1.96. The molecular formula is C18H21NO. The van der Waals surface area contributed by atoms with Crippen LogP contribution in [0.15, 0.2) is 48.5 Å². The number of hydrogen-bond acceptors (Lipinski definition) is 2. The molecule has 0 radical (unpaired) electrons. The molecule has 1 aliphatic rings. The van der Waals surface area contributed by atoms with Crippen molar-refractivity contribution in [3.63, 3.8) is 0 Å². The summed E-state index contributed by atoms with van der Waals surface area (Å²) in [6.07, 6.45) is 2.09. The molecule has 0 spiro atoms. The van der Waals surface area contributed by atoms with E-state index in [4.69, 9.17) is 0 Å². The number of phenolic OH excluding ortho intramolecular Hbond substituents is 1. The van der Waals surface area contributed by atoms with Gasteiger partial charge in [-0.3, -0.25) is 0 Å². The van der Waals surface area contributed by atoms with Crippen LogP contribution in [0.1, 0.15) is 31.4 Å². The van der Waals surface area contributed by atoms with Crippen LogP contribution in [0.2, 0.25) is 0 Å². The molecule has 0 amide bonds. The lowest BCUT2D eigenvalue weighted by Crippen LogP contribution is -2.43. The van der Waals surface area contributed by atoms with E-state index in [-0.39, 0.29) is 5.54 Å². The SMILES string of the molecule is CCC1(C)Cc2cc(O)ccc2N1Cc1ccccc1. The normalized spacial score (nSPS) is 21.0. The lowest BCUT2D eigenvalue weighted by atomic mass is 9.93. The maximum absolute atomic E-state index is 9.70. The molecule has 2 aromatic carbocycles. The van der Waals surface area contributed by atoms with Crippen molar-refractivity contribution in [2.24, 2.45) is 0 Å². The first-order valence-corrected chi connectivity index (χ1v) is 7.26. The summed E-state index contributed by atoms with van der Waals surface area (Å²) in [5.74, 6) is 0.365. The zero-order chi connectivity index (χ0) is 14.2. The van der Waals surface area contributed by atoms with Gasteiger partial charge in [0.1, 0.15) is 5.75 Å². The van der Waals surface area contributed by atoms with Crippen molar-refractivity contribution in [2.75, 3.05) is 4.90 Å². The molecule has 0 fully saturated rings. The largest absolute Gasteiger partial charge is 0.508 e. The molecule has 0 saturated heterocycles. The topological polar surface area (TPSA) is 23.5 Å². The first-order chi connectivity index (χ1) is 9.62. The van der Waals surface area contributed by atoms with E-state index >= 15 is 0 Å². The van der Waals surface area contributed by atoms with E-state index in [1.807, 2.05) is 6.07 Å². The van der Waals surface area contributed by atoms with Gasteiger partial charge in [0.2, 0.25) is 0 Å². The van der Waals surface area contributed by atoms with Crippen LogP contribution >= 0.6 is 0 Å². The third-order valence-corrected chi connectivity index (χ3v) is 4.52. The number of nitrogens with zero attached hydrogens (tertiary/aromatic N) is 1. The second kappa shape index (κ2) is 4.86. The zero-order valence-electron chi connectivity index (χ0n) is 12.1. The van der Waals surface area contributed by atoms with Gasteiger partial charge < -0.3 is 10.0 Å². The Kier molecular flexibility index (Phi) is 3.17. The van der Waals surface area contributed by atoms with Crippen molar-refractivity contribution in [3.05, 3.63) is 59.7 Å². The third kappa shape index (κ3) is 2.15. The predicted octanol–water partition coefficient (Wildman–Crippen LogP) is 4.12. The van der Waals surface area contributed by atoms with Gasteiger partial charge in [-0.25, -0.2) is 0 Å². The molecule has 1 unspecified atom stereocenters. The molecule has 1 aliphatic heterocycles. The number of hydrogen-bond donors (Lipinski definition) is 1. The first-order valence-electron chi connectivity index (χ1n) is 7.26. The molecule has 3 rings (SSSR count). The number of aromatic hydroxyl groups is 1. The van der Waals surface area contributed by atoms with Crippen LogP contribution in [-0.2, 0) is 13.0 Å². The summed E-state index contributed by atoms with van der Waals surface area (Å²) in [5.41, 5.74) is 3.97. The van der Waals surface area contributed by atoms with Crippen LogP contribution in [-0.4, -0.2) is 10.6 Å². The molecule has 0 aliphatic carbocycles. The van der Waals surface area contributed by atoms with Crippen LogP contribution < -0.4 is 4.90 Å². The molecule has 0 saturated carbocycles. The second-order valence-electron chi connectivity index (χ2n) is 5.91. The van der Waals surface area contributed by atoms with Crippen molar-refractivity contribution in [2.45, 2.75) is 38.8 Å². The van der Waals surface area contributed by atoms with Gasteiger partial charge in [0.25, 0.3) is 0 Å². The highest BCUT2D eigenvalue weighted by atomic mass is 16.3. The highest BCUT2D eigenvalue weighted by molar-refractivity contribution is 5.63. The van der Waals surface area contributed by atoms with Gasteiger partial charge in [-0.05, 0) is 49.1 Å². The van der Waals surface area contributed by atoms with Crippen molar-refractivity contribution >= 4 is 5.69 Å². The van der Waals surface area contributed by atoms with Gasteiger partial charge in [0, 0.05) is 17.8 Å². The van der Waals surface area contributed by atoms with E-state index in [0.717, 1.165) is 19.4 Å². The maximum Gasteiger partial charge on any atom is 0.116 e. The number of fused-ring (bicyclic) bond motifs is 1.